The molecule has 60 valence electrons. The molecule has 0 unspecified atom stereocenters. The Labute approximate surface area is 60.1 Å². The predicted molar refractivity (Wildman–Crippen MR) is 30.5 cm³/mol. The van der Waals surface area contributed by atoms with Crippen LogP contribution in [0.1, 0.15) is 0 Å². The highest BCUT2D eigenvalue weighted by atomic mass is 17.3. The van der Waals surface area contributed by atoms with Gasteiger partial charge in [0.15, 0.2) is 11.4 Å². The van der Waals surface area contributed by atoms with Crippen molar-refractivity contribution in [3.05, 3.63) is 22.6 Å². The first kappa shape index (κ1) is 7.44. The van der Waals surface area contributed by atoms with Crippen molar-refractivity contribution in [3.63, 3.8) is 0 Å². The Hall–Kier alpha value is -1.67. The lowest BCUT2D eigenvalue weighted by molar-refractivity contribution is -0.542. The minimum absolute atomic E-state index is 0.0794. The Kier molecular flexibility index (Phi) is 1.99. The van der Waals surface area contributed by atoms with Gasteiger partial charge >= 0.3 is 0 Å². The van der Waals surface area contributed by atoms with Gasteiger partial charge in [-0.2, -0.15) is 10.9 Å². The Bertz CT molecular complexity index is 258. The molecule has 11 heavy (non-hydrogen) atoms. The molecule has 0 aliphatic rings. The molecular weight excluding hydrogens is 156 g/mol. The summed E-state index contributed by atoms with van der Waals surface area (Å²) < 4.78 is 0.606. The standard InChI is InChI=1S/C3H4N4O4/c4-11-10-3-1-6(2-5-3)7(8)9/h1-2H,4H2. The molecule has 0 amide bonds. The average Bonchev–Trinajstić information content (AvgIpc) is 2.37. The van der Waals surface area contributed by atoms with E-state index < -0.39 is 5.03 Å². The fraction of sp³-hybridized carbons (Fsp3) is 0. The summed E-state index contributed by atoms with van der Waals surface area (Å²) in [5, 5.41) is 9.34. The van der Waals surface area contributed by atoms with Crippen LogP contribution < -0.4 is 10.8 Å². The van der Waals surface area contributed by atoms with Crippen LogP contribution in [0.2, 0.25) is 0 Å². The summed E-state index contributed by atoms with van der Waals surface area (Å²) in [6, 6.07) is 0. The molecule has 0 radical (unpaired) electrons. The molecule has 1 rings (SSSR count). The number of nitrogens with zero attached hydrogens (tertiary/aromatic N) is 3. The Morgan fingerprint density at radius 2 is 2.55 bits per heavy atom. The van der Waals surface area contributed by atoms with Crippen LogP contribution in [0.15, 0.2) is 12.5 Å². The number of hydrogen-bond acceptors (Lipinski definition) is 6. The topological polar surface area (TPSA) is 105 Å². The van der Waals surface area contributed by atoms with E-state index in [1.165, 1.54) is 0 Å². The zero-order valence-electron chi connectivity index (χ0n) is 5.21. The molecule has 0 atom stereocenters. The molecule has 0 aliphatic heterocycles. The summed E-state index contributed by atoms with van der Waals surface area (Å²) >= 11 is 0. The molecule has 0 fully saturated rings. The fourth-order valence-electron chi connectivity index (χ4n) is 0.478. The van der Waals surface area contributed by atoms with Crippen LogP contribution in [0.4, 0.5) is 0 Å². The van der Waals surface area contributed by atoms with Crippen molar-refractivity contribution < 1.29 is 14.9 Å². The van der Waals surface area contributed by atoms with Gasteiger partial charge in [0.25, 0.3) is 5.88 Å². The van der Waals surface area contributed by atoms with Gasteiger partial charge in [-0.15, -0.1) is 0 Å². The first-order valence-corrected chi connectivity index (χ1v) is 2.46. The normalized spacial score (nSPS) is 9.55. The lowest BCUT2D eigenvalue weighted by Crippen LogP contribution is -2.05. The maximum atomic E-state index is 10.0. The molecule has 1 heterocycles. The van der Waals surface area contributed by atoms with Gasteiger partial charge in [-0.3, -0.25) is 4.89 Å². The average molecular weight is 160 g/mol. The van der Waals surface area contributed by atoms with Gasteiger partial charge < -0.3 is 0 Å². The van der Waals surface area contributed by atoms with E-state index in [1.54, 1.807) is 0 Å². The summed E-state index contributed by atoms with van der Waals surface area (Å²) in [4.78, 5) is 21.3. The van der Waals surface area contributed by atoms with E-state index in [1.807, 2.05) is 0 Å². The van der Waals surface area contributed by atoms with Crippen LogP contribution in [-0.4, -0.2) is 14.7 Å². The van der Waals surface area contributed by atoms with Crippen LogP contribution in [0, 0.1) is 10.1 Å². The van der Waals surface area contributed by atoms with E-state index in [-0.39, 0.29) is 5.88 Å². The lowest BCUT2D eigenvalue weighted by Gasteiger charge is -1.89. The smallest absolute Gasteiger partial charge is 0.282 e. The van der Waals surface area contributed by atoms with Crippen molar-refractivity contribution in [2.24, 2.45) is 5.90 Å². The van der Waals surface area contributed by atoms with Crippen molar-refractivity contribution in [3.8, 4) is 5.88 Å². The van der Waals surface area contributed by atoms with Crippen LogP contribution in [-0.2, 0) is 4.99 Å². The molecule has 2 N–H and O–H groups in total. The van der Waals surface area contributed by atoms with Gasteiger partial charge in [-0.1, -0.05) is 9.66 Å². The number of aromatic nitrogens is 2. The molecular formula is C3H4N4O4. The van der Waals surface area contributed by atoms with Gasteiger partial charge in [0.2, 0.25) is 0 Å². The maximum absolute atomic E-state index is 10.0. The van der Waals surface area contributed by atoms with Crippen molar-refractivity contribution in [2.75, 3.05) is 0 Å². The molecule has 0 aliphatic carbocycles. The number of imidazole rings is 1. The van der Waals surface area contributed by atoms with Crippen molar-refractivity contribution in [2.45, 2.75) is 0 Å². The fourth-order valence-corrected chi connectivity index (χ4v) is 0.478. The molecule has 1 aromatic heterocycles. The monoisotopic (exact) mass is 160 g/mol. The van der Waals surface area contributed by atoms with E-state index in [0.717, 1.165) is 12.5 Å². The summed E-state index contributed by atoms with van der Waals surface area (Å²) in [6.07, 6.45) is 1.96. The molecule has 1 aromatic rings. The highest BCUT2D eigenvalue weighted by Gasteiger charge is 2.05. The van der Waals surface area contributed by atoms with Crippen LogP contribution >= 0.6 is 0 Å². The van der Waals surface area contributed by atoms with Crippen molar-refractivity contribution >= 4 is 0 Å². The molecule has 0 aromatic carbocycles. The third-order valence-corrected chi connectivity index (χ3v) is 0.868. The van der Waals surface area contributed by atoms with Crippen LogP contribution in [0.5, 0.6) is 5.88 Å². The Morgan fingerprint density at radius 1 is 1.82 bits per heavy atom. The van der Waals surface area contributed by atoms with E-state index in [2.05, 4.69) is 20.8 Å². The first-order valence-electron chi connectivity index (χ1n) is 2.46. The number of nitrogens with two attached hydrogens (primary N) is 1. The molecule has 0 saturated carbocycles. The molecule has 0 bridgehead atoms. The zero-order valence-corrected chi connectivity index (χ0v) is 5.21. The minimum atomic E-state index is -0.684. The number of nitro groups is 1. The SMILES string of the molecule is NOOc1cn([N+](=O)[O-])cn1. The van der Waals surface area contributed by atoms with E-state index in [4.69, 9.17) is 0 Å². The summed E-state index contributed by atoms with van der Waals surface area (Å²) in [7, 11) is 0. The Balaban J connectivity index is 2.73. The maximum Gasteiger partial charge on any atom is 0.282 e. The largest absolute Gasteiger partial charge is 0.297 e. The molecule has 8 nitrogen and oxygen atoms in total. The third kappa shape index (κ3) is 1.63. The van der Waals surface area contributed by atoms with Crippen molar-refractivity contribution in [1.29, 1.82) is 0 Å². The predicted octanol–water partition coefficient (Wildman–Crippen LogP) is -0.893. The van der Waals surface area contributed by atoms with Gasteiger partial charge in [0.1, 0.15) is 6.20 Å². The third-order valence-electron chi connectivity index (χ3n) is 0.868. The van der Waals surface area contributed by atoms with Gasteiger partial charge in [-0.25, -0.2) is 10.1 Å². The zero-order chi connectivity index (χ0) is 8.27. The molecule has 0 saturated heterocycles. The summed E-state index contributed by atoms with van der Waals surface area (Å²) in [5.41, 5.74) is 0. The van der Waals surface area contributed by atoms with Gasteiger partial charge in [0, 0.05) is 0 Å². The molecule has 0 spiro atoms. The minimum Gasteiger partial charge on any atom is -0.297 e. The second kappa shape index (κ2) is 2.94. The van der Waals surface area contributed by atoms with Gasteiger partial charge in [0.05, 0.1) is 0 Å². The quantitative estimate of drug-likeness (QED) is 0.349. The Morgan fingerprint density at radius 3 is 3.00 bits per heavy atom. The lowest BCUT2D eigenvalue weighted by atomic mass is 10.9. The van der Waals surface area contributed by atoms with Crippen molar-refractivity contribution in [1.82, 2.24) is 9.66 Å². The van der Waals surface area contributed by atoms with E-state index in [9.17, 15) is 10.1 Å². The van der Waals surface area contributed by atoms with Gasteiger partial charge in [-0.05, 0) is 0 Å². The van der Waals surface area contributed by atoms with Crippen LogP contribution in [0.3, 0.4) is 0 Å². The molecule has 8 heteroatoms. The van der Waals surface area contributed by atoms with E-state index >= 15 is 0 Å². The second-order valence-corrected chi connectivity index (χ2v) is 1.51. The highest BCUT2D eigenvalue weighted by Crippen LogP contribution is 2.03. The summed E-state index contributed by atoms with van der Waals surface area (Å²) in [5.74, 6) is 4.43. The number of hydrogen-bond donors (Lipinski definition) is 1. The second-order valence-electron chi connectivity index (χ2n) is 1.51. The first-order chi connectivity index (χ1) is 5.24. The number of rotatable bonds is 3. The van der Waals surface area contributed by atoms with E-state index in [0.29, 0.717) is 4.68 Å². The van der Waals surface area contributed by atoms with Crippen LogP contribution in [0.25, 0.3) is 0 Å². The summed E-state index contributed by atoms with van der Waals surface area (Å²) in [6.45, 7) is 0. The highest BCUT2D eigenvalue weighted by molar-refractivity contribution is 5.00.